The highest BCUT2D eigenvalue weighted by atomic mass is 32.2. The van der Waals surface area contributed by atoms with E-state index < -0.39 is 10.0 Å². The maximum atomic E-state index is 13.3. The van der Waals surface area contributed by atoms with E-state index in [1.165, 1.54) is 12.1 Å². The first kappa shape index (κ1) is 25.7. The van der Waals surface area contributed by atoms with E-state index in [1.54, 1.807) is 38.3 Å². The van der Waals surface area contributed by atoms with Gasteiger partial charge in [0.25, 0.3) is 15.9 Å². The highest BCUT2D eigenvalue weighted by molar-refractivity contribution is 7.92. The number of sulfonamides is 1. The van der Waals surface area contributed by atoms with Crippen molar-refractivity contribution >= 4 is 21.6 Å². The van der Waals surface area contributed by atoms with Crippen molar-refractivity contribution in [1.82, 2.24) is 10.2 Å². The molecule has 1 fully saturated rings. The molecule has 190 valence electrons. The summed E-state index contributed by atoms with van der Waals surface area (Å²) < 4.78 is 34.3. The third kappa shape index (κ3) is 5.88. The standard InChI is InChI=1S/C28H33N3O4S/c1-20-9-8-10-22(17-20)30-36(33,34)23-14-13-21(2)25(18-23)28(32)29-19-26(31-15-6-7-16-31)24-11-4-5-12-27(24)35-3/h4-5,8-14,17-18,26,30H,6-7,15-16,19H2,1-3H3,(H,29,32)/t26-/m0/s1. The van der Waals surface area contributed by atoms with Gasteiger partial charge in [-0.05, 0) is 81.2 Å². The number of carbonyl (C=O) groups is 1. The van der Waals surface area contributed by atoms with Crippen LogP contribution in [0.3, 0.4) is 0 Å². The van der Waals surface area contributed by atoms with Gasteiger partial charge in [0.15, 0.2) is 0 Å². The van der Waals surface area contributed by atoms with Crippen LogP contribution in [0.15, 0.2) is 71.6 Å². The summed E-state index contributed by atoms with van der Waals surface area (Å²) in [6.45, 7) is 5.99. The summed E-state index contributed by atoms with van der Waals surface area (Å²) in [7, 11) is -2.20. The molecule has 4 rings (SSSR count). The number of nitrogens with zero attached hydrogens (tertiary/aromatic N) is 1. The first-order chi connectivity index (χ1) is 17.3. The van der Waals surface area contributed by atoms with Crippen molar-refractivity contribution in [3.63, 3.8) is 0 Å². The van der Waals surface area contributed by atoms with Gasteiger partial charge in [-0.15, -0.1) is 0 Å². The fourth-order valence-corrected chi connectivity index (χ4v) is 5.73. The van der Waals surface area contributed by atoms with Gasteiger partial charge in [-0.2, -0.15) is 0 Å². The molecule has 0 unspecified atom stereocenters. The molecule has 1 atom stereocenters. The largest absolute Gasteiger partial charge is 0.496 e. The second-order valence-electron chi connectivity index (χ2n) is 9.16. The van der Waals surface area contributed by atoms with E-state index in [-0.39, 0.29) is 16.8 Å². The fraction of sp³-hybridized carbons (Fsp3) is 0.321. The van der Waals surface area contributed by atoms with E-state index in [0.717, 1.165) is 42.8 Å². The van der Waals surface area contributed by atoms with Gasteiger partial charge in [0, 0.05) is 23.4 Å². The Kier molecular flexibility index (Phi) is 7.96. The van der Waals surface area contributed by atoms with E-state index in [0.29, 0.717) is 23.4 Å². The predicted octanol–water partition coefficient (Wildman–Crippen LogP) is 4.68. The Morgan fingerprint density at radius 2 is 1.75 bits per heavy atom. The number of likely N-dealkylation sites (tertiary alicyclic amines) is 1. The average Bonchev–Trinajstić information content (AvgIpc) is 3.39. The molecule has 3 aromatic rings. The highest BCUT2D eigenvalue weighted by Crippen LogP contribution is 2.31. The molecule has 1 heterocycles. The first-order valence-electron chi connectivity index (χ1n) is 12.1. The number of aryl methyl sites for hydroxylation is 2. The lowest BCUT2D eigenvalue weighted by atomic mass is 10.0. The Bertz CT molecular complexity index is 1330. The molecule has 1 aliphatic heterocycles. The molecule has 0 aromatic heterocycles. The van der Waals surface area contributed by atoms with Crippen LogP contribution in [0.4, 0.5) is 5.69 Å². The van der Waals surface area contributed by atoms with Gasteiger partial charge in [0.05, 0.1) is 18.0 Å². The maximum absolute atomic E-state index is 13.3. The number of hydrogen-bond donors (Lipinski definition) is 2. The Labute approximate surface area is 213 Å². The van der Waals surface area contributed by atoms with Crippen molar-refractivity contribution in [2.75, 3.05) is 31.5 Å². The number of nitrogens with one attached hydrogen (secondary N) is 2. The average molecular weight is 508 g/mol. The number of para-hydroxylation sites is 1. The van der Waals surface area contributed by atoms with Crippen LogP contribution in [0.1, 0.15) is 45.9 Å². The topological polar surface area (TPSA) is 87.7 Å². The van der Waals surface area contributed by atoms with Crippen LogP contribution in [0.2, 0.25) is 0 Å². The minimum absolute atomic E-state index is 0.0391. The second-order valence-corrected chi connectivity index (χ2v) is 10.8. The zero-order chi connectivity index (χ0) is 25.7. The minimum atomic E-state index is -3.85. The van der Waals surface area contributed by atoms with Crippen molar-refractivity contribution in [2.45, 2.75) is 37.6 Å². The summed E-state index contributed by atoms with van der Waals surface area (Å²) in [6, 6.07) is 19.6. The van der Waals surface area contributed by atoms with Gasteiger partial charge >= 0.3 is 0 Å². The molecule has 0 saturated carbocycles. The molecule has 1 amide bonds. The lowest BCUT2D eigenvalue weighted by Crippen LogP contribution is -2.37. The molecule has 3 aromatic carbocycles. The summed E-state index contributed by atoms with van der Waals surface area (Å²) in [5, 5.41) is 3.05. The van der Waals surface area contributed by atoms with Crippen LogP contribution in [-0.2, 0) is 10.0 Å². The highest BCUT2D eigenvalue weighted by Gasteiger charge is 2.27. The molecule has 0 spiro atoms. The maximum Gasteiger partial charge on any atom is 0.261 e. The van der Waals surface area contributed by atoms with Crippen LogP contribution < -0.4 is 14.8 Å². The van der Waals surface area contributed by atoms with Crippen molar-refractivity contribution in [3.8, 4) is 5.75 Å². The van der Waals surface area contributed by atoms with E-state index in [4.69, 9.17) is 4.74 Å². The van der Waals surface area contributed by atoms with Gasteiger partial charge in [-0.25, -0.2) is 8.42 Å². The molecule has 0 radical (unpaired) electrons. The summed E-state index contributed by atoms with van der Waals surface area (Å²) in [5.41, 5.74) is 3.49. The quantitative estimate of drug-likeness (QED) is 0.439. The number of methoxy groups -OCH3 is 1. The summed E-state index contributed by atoms with van der Waals surface area (Å²) in [5.74, 6) is 0.481. The monoisotopic (exact) mass is 507 g/mol. The third-order valence-corrected chi connectivity index (χ3v) is 7.95. The van der Waals surface area contributed by atoms with Gasteiger partial charge < -0.3 is 10.1 Å². The molecule has 1 aliphatic rings. The normalized spacial score (nSPS) is 14.9. The molecular weight excluding hydrogens is 474 g/mol. The third-order valence-electron chi connectivity index (χ3n) is 6.57. The van der Waals surface area contributed by atoms with Crippen LogP contribution in [-0.4, -0.2) is 46.0 Å². The molecule has 7 nitrogen and oxygen atoms in total. The lowest BCUT2D eigenvalue weighted by molar-refractivity contribution is 0.0936. The molecule has 0 bridgehead atoms. The summed E-state index contributed by atoms with van der Waals surface area (Å²) in [6.07, 6.45) is 2.24. The van der Waals surface area contributed by atoms with Gasteiger partial charge in [-0.1, -0.05) is 36.4 Å². The fourth-order valence-electron chi connectivity index (χ4n) is 4.65. The zero-order valence-electron chi connectivity index (χ0n) is 21.0. The van der Waals surface area contributed by atoms with Crippen molar-refractivity contribution in [1.29, 1.82) is 0 Å². The number of carbonyl (C=O) groups excluding carboxylic acids is 1. The van der Waals surface area contributed by atoms with Gasteiger partial charge in [0.1, 0.15) is 5.75 Å². The van der Waals surface area contributed by atoms with Crippen LogP contribution in [0, 0.1) is 13.8 Å². The van der Waals surface area contributed by atoms with Crippen molar-refractivity contribution in [3.05, 3.63) is 89.0 Å². The predicted molar refractivity (Wildman–Crippen MR) is 142 cm³/mol. The Morgan fingerprint density at radius 1 is 1.00 bits per heavy atom. The minimum Gasteiger partial charge on any atom is -0.496 e. The number of amides is 1. The summed E-state index contributed by atoms with van der Waals surface area (Å²) >= 11 is 0. The van der Waals surface area contributed by atoms with E-state index >= 15 is 0 Å². The van der Waals surface area contributed by atoms with E-state index in [2.05, 4.69) is 14.9 Å². The van der Waals surface area contributed by atoms with E-state index in [9.17, 15) is 13.2 Å². The Morgan fingerprint density at radius 3 is 2.47 bits per heavy atom. The smallest absolute Gasteiger partial charge is 0.261 e. The first-order valence-corrected chi connectivity index (χ1v) is 13.6. The SMILES string of the molecule is COc1ccccc1[C@H](CNC(=O)c1cc(S(=O)(=O)Nc2cccc(C)c2)ccc1C)N1CCCC1. The molecule has 2 N–H and O–H groups in total. The van der Waals surface area contributed by atoms with E-state index in [1.807, 2.05) is 37.3 Å². The zero-order valence-corrected chi connectivity index (χ0v) is 21.8. The second kappa shape index (κ2) is 11.1. The van der Waals surface area contributed by atoms with Crippen LogP contribution in [0.5, 0.6) is 5.75 Å². The van der Waals surface area contributed by atoms with Gasteiger partial charge in [-0.3, -0.25) is 14.4 Å². The number of rotatable bonds is 9. The molecular formula is C28H33N3O4S. The number of ether oxygens (including phenoxy) is 1. The molecule has 0 aliphatic carbocycles. The molecule has 36 heavy (non-hydrogen) atoms. The molecule has 1 saturated heterocycles. The number of anilines is 1. The Hall–Kier alpha value is -3.36. The lowest BCUT2D eigenvalue weighted by Gasteiger charge is -2.29. The number of hydrogen-bond acceptors (Lipinski definition) is 5. The molecule has 8 heteroatoms. The number of benzene rings is 3. The van der Waals surface area contributed by atoms with Crippen LogP contribution >= 0.6 is 0 Å². The Balaban J connectivity index is 1.55. The van der Waals surface area contributed by atoms with Gasteiger partial charge in [0.2, 0.25) is 0 Å². The van der Waals surface area contributed by atoms with Crippen molar-refractivity contribution in [2.24, 2.45) is 0 Å². The summed E-state index contributed by atoms with van der Waals surface area (Å²) in [4.78, 5) is 15.7. The van der Waals surface area contributed by atoms with Crippen molar-refractivity contribution < 1.29 is 17.9 Å². The van der Waals surface area contributed by atoms with Crippen LogP contribution in [0.25, 0.3) is 0 Å².